The number of carbonyl (C=O) groups excluding carboxylic acids is 1. The molecule has 1 amide bonds. The molecular weight excluding hydrogens is 416 g/mol. The summed E-state index contributed by atoms with van der Waals surface area (Å²) in [6, 6.07) is 21.5. The zero-order valence-corrected chi connectivity index (χ0v) is 17.8. The molecule has 9 heteroatoms. The topological polar surface area (TPSA) is 135 Å². The summed E-state index contributed by atoms with van der Waals surface area (Å²) in [5.41, 5.74) is 12.7. The molecule has 0 saturated carbocycles. The fourth-order valence-corrected chi connectivity index (χ4v) is 3.73. The van der Waals surface area contributed by atoms with Crippen LogP contribution in [-0.4, -0.2) is 36.5 Å². The van der Waals surface area contributed by atoms with Crippen LogP contribution < -0.4 is 11.1 Å². The highest BCUT2D eigenvalue weighted by molar-refractivity contribution is 5.95. The Bertz CT molecular complexity index is 1450. The summed E-state index contributed by atoms with van der Waals surface area (Å²) in [6.07, 6.45) is 0. The van der Waals surface area contributed by atoms with Gasteiger partial charge in [0.15, 0.2) is 5.82 Å². The van der Waals surface area contributed by atoms with E-state index in [1.807, 2.05) is 37.3 Å². The van der Waals surface area contributed by atoms with Crippen LogP contribution in [0.2, 0.25) is 0 Å². The fourth-order valence-electron chi connectivity index (χ4n) is 3.73. The maximum Gasteiger partial charge on any atom is 0.267 e. The maximum atomic E-state index is 11.6. The lowest BCUT2D eigenvalue weighted by Gasteiger charge is -2.12. The summed E-state index contributed by atoms with van der Waals surface area (Å²) in [4.78, 5) is 20.4. The van der Waals surface area contributed by atoms with Crippen molar-refractivity contribution in [1.29, 1.82) is 0 Å². The normalized spacial score (nSPS) is 10.9. The van der Waals surface area contributed by atoms with Gasteiger partial charge >= 0.3 is 0 Å². The van der Waals surface area contributed by atoms with Crippen molar-refractivity contribution in [1.82, 2.24) is 30.6 Å². The number of primary amides is 1. The van der Waals surface area contributed by atoms with Crippen LogP contribution in [0.3, 0.4) is 0 Å². The maximum absolute atomic E-state index is 11.6. The second-order valence-corrected chi connectivity index (χ2v) is 7.59. The Morgan fingerprint density at radius 2 is 1.79 bits per heavy atom. The van der Waals surface area contributed by atoms with Crippen LogP contribution in [0.15, 0.2) is 66.7 Å². The summed E-state index contributed by atoms with van der Waals surface area (Å²) in [7, 11) is 0. The lowest BCUT2D eigenvalue weighted by atomic mass is 9.98. The van der Waals surface area contributed by atoms with E-state index in [1.54, 1.807) is 12.1 Å². The van der Waals surface area contributed by atoms with Crippen LogP contribution in [0.5, 0.6) is 0 Å². The number of carbonyl (C=O) groups is 1. The number of hydrogen-bond donors (Lipinski definition) is 3. The van der Waals surface area contributed by atoms with Gasteiger partial charge in [-0.1, -0.05) is 48.5 Å². The molecule has 4 N–H and O–H groups in total. The van der Waals surface area contributed by atoms with Gasteiger partial charge in [0.1, 0.15) is 11.2 Å². The summed E-state index contributed by atoms with van der Waals surface area (Å²) in [6.45, 7) is 2.50. The Balaban J connectivity index is 1.40. The minimum absolute atomic E-state index is 0.209. The number of aromatic nitrogens is 6. The van der Waals surface area contributed by atoms with Gasteiger partial charge in [0.25, 0.3) is 5.91 Å². The Hall–Kier alpha value is -4.66. The summed E-state index contributed by atoms with van der Waals surface area (Å²) < 4.78 is 0. The minimum atomic E-state index is -0.569. The van der Waals surface area contributed by atoms with Gasteiger partial charge in [0, 0.05) is 17.8 Å². The number of nitrogens with zero attached hydrogens (tertiary/aromatic N) is 5. The predicted octanol–water partition coefficient (Wildman–Crippen LogP) is 3.50. The minimum Gasteiger partial charge on any atom is -0.379 e. The zero-order valence-electron chi connectivity index (χ0n) is 17.8. The number of rotatable bonds is 6. The Labute approximate surface area is 189 Å². The molecule has 0 aliphatic carbocycles. The molecule has 0 bridgehead atoms. The molecule has 0 unspecified atom stereocenters. The molecule has 0 aliphatic heterocycles. The molecule has 5 aromatic rings. The average molecular weight is 436 g/mol. The number of aryl methyl sites for hydroxylation is 1. The summed E-state index contributed by atoms with van der Waals surface area (Å²) in [5.74, 6) is 0.0551. The van der Waals surface area contributed by atoms with Crippen molar-refractivity contribution in [2.24, 2.45) is 5.73 Å². The number of hydrogen-bond acceptors (Lipinski definition) is 7. The third-order valence-electron chi connectivity index (χ3n) is 5.31. The van der Waals surface area contributed by atoms with Crippen LogP contribution in [0.25, 0.3) is 33.5 Å². The summed E-state index contributed by atoms with van der Waals surface area (Å²) >= 11 is 0. The van der Waals surface area contributed by atoms with Crippen molar-refractivity contribution in [2.75, 3.05) is 5.32 Å². The van der Waals surface area contributed by atoms with Gasteiger partial charge in [0.05, 0.1) is 11.2 Å². The highest BCUT2D eigenvalue weighted by atomic mass is 16.1. The number of amides is 1. The highest BCUT2D eigenvalue weighted by Gasteiger charge is 2.11. The van der Waals surface area contributed by atoms with Crippen molar-refractivity contribution in [3.63, 3.8) is 0 Å². The van der Waals surface area contributed by atoms with Gasteiger partial charge in [0.2, 0.25) is 0 Å². The van der Waals surface area contributed by atoms with E-state index in [1.165, 1.54) is 0 Å². The summed E-state index contributed by atoms with van der Waals surface area (Å²) in [5, 5.41) is 17.6. The third-order valence-corrected chi connectivity index (χ3v) is 5.31. The first-order chi connectivity index (χ1) is 16.1. The van der Waals surface area contributed by atoms with E-state index in [9.17, 15) is 4.79 Å². The van der Waals surface area contributed by atoms with E-state index >= 15 is 0 Å². The number of benzene rings is 2. The predicted molar refractivity (Wildman–Crippen MR) is 125 cm³/mol. The van der Waals surface area contributed by atoms with Crippen molar-refractivity contribution in [2.45, 2.75) is 13.5 Å². The standard InChI is InChI=1S/C24H20N8O/c1-14-12-21(22-19(27-14)10-11-20(28-22)23(25)33)26-13-15-6-8-16(9-7-15)17-4-2-3-5-18(17)24-29-31-32-30-24/h2-12H,13H2,1H3,(H2,25,33)(H,26,27)(H,29,30,31,32). The van der Waals surface area contributed by atoms with E-state index in [-0.39, 0.29) is 5.69 Å². The van der Waals surface area contributed by atoms with Gasteiger partial charge in [-0.15, -0.1) is 5.10 Å². The Morgan fingerprint density at radius 3 is 2.52 bits per heavy atom. The molecule has 9 nitrogen and oxygen atoms in total. The van der Waals surface area contributed by atoms with Crippen LogP contribution in [0.1, 0.15) is 21.7 Å². The second-order valence-electron chi connectivity index (χ2n) is 7.59. The van der Waals surface area contributed by atoms with E-state index in [4.69, 9.17) is 5.73 Å². The molecule has 162 valence electrons. The number of H-pyrrole nitrogens is 1. The number of nitrogens with two attached hydrogens (primary N) is 1. The van der Waals surface area contributed by atoms with Crippen LogP contribution >= 0.6 is 0 Å². The molecule has 0 atom stereocenters. The highest BCUT2D eigenvalue weighted by Crippen LogP contribution is 2.30. The molecule has 0 spiro atoms. The molecular formula is C24H20N8O. The lowest BCUT2D eigenvalue weighted by molar-refractivity contribution is 0.0996. The van der Waals surface area contributed by atoms with Crippen LogP contribution in [-0.2, 0) is 6.54 Å². The van der Waals surface area contributed by atoms with E-state index in [0.717, 1.165) is 33.6 Å². The lowest BCUT2D eigenvalue weighted by Crippen LogP contribution is -2.13. The van der Waals surface area contributed by atoms with Gasteiger partial charge in [-0.2, -0.15) is 0 Å². The molecule has 0 fully saturated rings. The number of tetrazole rings is 1. The molecule has 5 rings (SSSR count). The van der Waals surface area contributed by atoms with Crippen molar-refractivity contribution in [3.8, 4) is 22.5 Å². The molecule has 0 aliphatic rings. The number of nitrogens with one attached hydrogen (secondary N) is 2. The number of aromatic amines is 1. The average Bonchev–Trinajstić information content (AvgIpc) is 3.37. The largest absolute Gasteiger partial charge is 0.379 e. The first-order valence-electron chi connectivity index (χ1n) is 10.3. The monoisotopic (exact) mass is 436 g/mol. The molecule has 3 heterocycles. The second kappa shape index (κ2) is 8.46. The molecule has 0 saturated heterocycles. The third kappa shape index (κ3) is 4.11. The van der Waals surface area contributed by atoms with E-state index in [0.29, 0.717) is 23.4 Å². The Kier molecular flexibility index (Phi) is 5.19. The van der Waals surface area contributed by atoms with Gasteiger partial charge in [-0.25, -0.2) is 10.1 Å². The van der Waals surface area contributed by atoms with Crippen LogP contribution in [0, 0.1) is 6.92 Å². The Morgan fingerprint density at radius 1 is 1.00 bits per heavy atom. The van der Waals surface area contributed by atoms with Gasteiger partial charge in [-0.3, -0.25) is 9.78 Å². The van der Waals surface area contributed by atoms with Crippen molar-refractivity contribution < 1.29 is 4.79 Å². The number of anilines is 1. The van der Waals surface area contributed by atoms with E-state index in [2.05, 4.69) is 60.2 Å². The van der Waals surface area contributed by atoms with E-state index < -0.39 is 5.91 Å². The van der Waals surface area contributed by atoms with Gasteiger partial charge < -0.3 is 11.1 Å². The molecule has 2 aromatic carbocycles. The quantitative estimate of drug-likeness (QED) is 0.371. The zero-order chi connectivity index (χ0) is 22.8. The van der Waals surface area contributed by atoms with Crippen molar-refractivity contribution >= 4 is 22.6 Å². The fraction of sp³-hybridized carbons (Fsp3) is 0.0833. The van der Waals surface area contributed by atoms with Gasteiger partial charge in [-0.05, 0) is 52.2 Å². The smallest absolute Gasteiger partial charge is 0.267 e. The van der Waals surface area contributed by atoms with Crippen molar-refractivity contribution in [3.05, 3.63) is 83.7 Å². The molecule has 0 radical (unpaired) electrons. The number of fused-ring (bicyclic) bond motifs is 1. The first-order valence-corrected chi connectivity index (χ1v) is 10.3. The molecule has 3 aromatic heterocycles. The number of pyridine rings is 2. The van der Waals surface area contributed by atoms with Crippen LogP contribution in [0.4, 0.5) is 5.69 Å². The SMILES string of the molecule is Cc1cc(NCc2ccc(-c3ccccc3-c3nnn[nH]3)cc2)c2nc(C(N)=O)ccc2n1. The first kappa shape index (κ1) is 20.3. The molecule has 33 heavy (non-hydrogen) atoms.